The molecule has 1 aromatic heterocycles. The van der Waals surface area contributed by atoms with Crippen LogP contribution in [0.2, 0.25) is 0 Å². The molecule has 0 spiro atoms. The Kier molecular flexibility index (Phi) is 4.84. The monoisotopic (exact) mass is 410 g/mol. The summed E-state index contributed by atoms with van der Waals surface area (Å²) in [6.45, 7) is 11.6. The lowest BCUT2D eigenvalue weighted by Gasteiger charge is -2.34. The fourth-order valence-corrected chi connectivity index (χ4v) is 5.46. The third-order valence-electron chi connectivity index (χ3n) is 5.11. The number of fused-ring (bicyclic) bond motifs is 3. The number of nitrogens with one attached hydrogen (secondary N) is 1. The summed E-state index contributed by atoms with van der Waals surface area (Å²) in [5, 5.41) is 3.74. The molecule has 0 unspecified atom stereocenters. The van der Waals surface area contributed by atoms with E-state index in [1.165, 1.54) is 32.8 Å². The van der Waals surface area contributed by atoms with Crippen LogP contribution in [0.1, 0.15) is 43.2 Å². The molecule has 1 N–H and O–H groups in total. The number of aromatic nitrogens is 1. The van der Waals surface area contributed by atoms with Crippen molar-refractivity contribution in [1.29, 1.82) is 0 Å². The third-order valence-corrected chi connectivity index (χ3v) is 7.08. The van der Waals surface area contributed by atoms with Crippen molar-refractivity contribution in [1.82, 2.24) is 3.96 Å². The Bertz CT molecular complexity index is 1090. The highest BCUT2D eigenvalue weighted by atomic mass is 32.1. The van der Waals surface area contributed by atoms with E-state index in [0.717, 1.165) is 29.1 Å². The normalized spacial score (nSPS) is 14.2. The SMILES string of the molecule is CCCOc1ccc(-n2sc3c(c2=S)-c2cc(C)cc(C)c2NC3(C)C)cc1. The van der Waals surface area contributed by atoms with Crippen LogP contribution in [-0.4, -0.2) is 10.6 Å². The van der Waals surface area contributed by atoms with E-state index in [1.54, 1.807) is 11.5 Å². The smallest absolute Gasteiger partial charge is 0.129 e. The minimum Gasteiger partial charge on any atom is -0.494 e. The van der Waals surface area contributed by atoms with E-state index >= 15 is 0 Å². The third kappa shape index (κ3) is 3.16. The molecular formula is C23H26N2OS2. The van der Waals surface area contributed by atoms with Gasteiger partial charge in [-0.1, -0.05) is 42.3 Å². The standard InChI is InChI=1S/C23H26N2OS2/c1-6-11-26-17-9-7-16(8-10-17)25-22(27)19-18-13-14(2)12-15(3)20(18)24-23(4,5)21(19)28-25/h7-10,12-13,24H,6,11H2,1-5H3. The van der Waals surface area contributed by atoms with Crippen LogP contribution in [0.25, 0.3) is 16.8 Å². The lowest BCUT2D eigenvalue weighted by atomic mass is 9.87. The number of hydrogen-bond donors (Lipinski definition) is 1. The van der Waals surface area contributed by atoms with E-state index in [4.69, 9.17) is 17.0 Å². The molecule has 1 aliphatic rings. The number of benzene rings is 2. The second-order valence-electron chi connectivity index (χ2n) is 7.99. The highest BCUT2D eigenvalue weighted by Crippen LogP contribution is 2.48. The van der Waals surface area contributed by atoms with Gasteiger partial charge in [-0.25, -0.2) is 0 Å². The van der Waals surface area contributed by atoms with Gasteiger partial charge in [0.2, 0.25) is 0 Å². The lowest BCUT2D eigenvalue weighted by molar-refractivity contribution is 0.317. The molecule has 3 nitrogen and oxygen atoms in total. The molecule has 4 rings (SSSR count). The first-order valence-corrected chi connectivity index (χ1v) is 10.9. The highest BCUT2D eigenvalue weighted by molar-refractivity contribution is 7.71. The molecule has 0 radical (unpaired) electrons. The van der Waals surface area contributed by atoms with E-state index < -0.39 is 0 Å². The van der Waals surface area contributed by atoms with Gasteiger partial charge in [-0.15, -0.1) is 0 Å². The van der Waals surface area contributed by atoms with Crippen molar-refractivity contribution in [2.75, 3.05) is 11.9 Å². The zero-order valence-electron chi connectivity index (χ0n) is 17.1. The maximum atomic E-state index is 5.98. The van der Waals surface area contributed by atoms with Crippen LogP contribution in [0.15, 0.2) is 36.4 Å². The average molecular weight is 411 g/mol. The topological polar surface area (TPSA) is 26.2 Å². The summed E-state index contributed by atoms with van der Waals surface area (Å²) in [7, 11) is 0. The molecule has 3 aromatic rings. The number of hydrogen-bond acceptors (Lipinski definition) is 4. The van der Waals surface area contributed by atoms with Gasteiger partial charge in [0.15, 0.2) is 0 Å². The zero-order valence-corrected chi connectivity index (χ0v) is 18.7. The Balaban J connectivity index is 1.86. The Morgan fingerprint density at radius 2 is 1.86 bits per heavy atom. The Hall–Kier alpha value is -2.11. The molecule has 0 atom stereocenters. The van der Waals surface area contributed by atoms with E-state index in [-0.39, 0.29) is 5.54 Å². The van der Waals surface area contributed by atoms with Crippen molar-refractivity contribution in [3.63, 3.8) is 0 Å². The Labute approximate surface area is 176 Å². The maximum absolute atomic E-state index is 5.98. The molecule has 28 heavy (non-hydrogen) atoms. The fourth-order valence-electron chi connectivity index (χ4n) is 3.81. The second-order valence-corrected chi connectivity index (χ2v) is 9.33. The number of nitrogens with zero attached hydrogens (tertiary/aromatic N) is 1. The molecular weight excluding hydrogens is 384 g/mol. The van der Waals surface area contributed by atoms with Gasteiger partial charge in [-0.05, 0) is 70.0 Å². The van der Waals surface area contributed by atoms with Gasteiger partial charge < -0.3 is 10.1 Å². The molecule has 2 aromatic carbocycles. The Morgan fingerprint density at radius 3 is 2.54 bits per heavy atom. The molecule has 0 saturated carbocycles. The molecule has 0 aliphatic carbocycles. The van der Waals surface area contributed by atoms with Crippen molar-refractivity contribution in [3.05, 3.63) is 57.0 Å². The summed E-state index contributed by atoms with van der Waals surface area (Å²) in [6.07, 6.45) is 1.00. The largest absolute Gasteiger partial charge is 0.494 e. The first-order valence-electron chi connectivity index (χ1n) is 9.71. The maximum Gasteiger partial charge on any atom is 0.129 e. The van der Waals surface area contributed by atoms with Gasteiger partial charge in [-0.2, -0.15) is 0 Å². The van der Waals surface area contributed by atoms with Crippen LogP contribution in [0.3, 0.4) is 0 Å². The molecule has 0 bridgehead atoms. The van der Waals surface area contributed by atoms with Gasteiger partial charge >= 0.3 is 0 Å². The number of aryl methyl sites for hydroxylation is 2. The van der Waals surface area contributed by atoms with Crippen LogP contribution in [-0.2, 0) is 5.54 Å². The van der Waals surface area contributed by atoms with Crippen LogP contribution >= 0.6 is 23.8 Å². The van der Waals surface area contributed by atoms with Gasteiger partial charge in [0.25, 0.3) is 0 Å². The summed E-state index contributed by atoms with van der Waals surface area (Å²) < 4.78 is 8.77. The van der Waals surface area contributed by atoms with Gasteiger partial charge in [-0.3, -0.25) is 3.96 Å². The first-order chi connectivity index (χ1) is 13.3. The van der Waals surface area contributed by atoms with Crippen LogP contribution in [0.5, 0.6) is 5.75 Å². The summed E-state index contributed by atoms with van der Waals surface area (Å²) in [4.78, 5) is 1.28. The van der Waals surface area contributed by atoms with Crippen molar-refractivity contribution in [2.45, 2.75) is 46.6 Å². The van der Waals surface area contributed by atoms with Crippen LogP contribution in [0, 0.1) is 18.5 Å². The number of rotatable bonds is 4. The highest BCUT2D eigenvalue weighted by Gasteiger charge is 2.35. The quantitative estimate of drug-likeness (QED) is 0.469. The predicted octanol–water partition coefficient (Wildman–Crippen LogP) is 7.00. The molecule has 2 heterocycles. The molecule has 0 fully saturated rings. The van der Waals surface area contributed by atoms with Crippen LogP contribution in [0.4, 0.5) is 5.69 Å². The molecule has 0 amide bonds. The van der Waals surface area contributed by atoms with E-state index in [2.05, 4.69) is 68.2 Å². The Morgan fingerprint density at radius 1 is 1.14 bits per heavy atom. The first kappa shape index (κ1) is 19.2. The van der Waals surface area contributed by atoms with Gasteiger partial charge in [0, 0.05) is 16.8 Å². The van der Waals surface area contributed by atoms with Gasteiger partial charge in [0.1, 0.15) is 10.4 Å². The molecule has 146 valence electrons. The van der Waals surface area contributed by atoms with E-state index in [1.807, 2.05) is 12.1 Å². The molecule has 0 saturated heterocycles. The van der Waals surface area contributed by atoms with Crippen molar-refractivity contribution in [3.8, 4) is 22.6 Å². The number of anilines is 1. The lowest BCUT2D eigenvalue weighted by Crippen LogP contribution is -2.31. The van der Waals surface area contributed by atoms with Gasteiger partial charge in [0.05, 0.1) is 22.7 Å². The summed E-state index contributed by atoms with van der Waals surface area (Å²) in [5.74, 6) is 0.900. The molecule has 5 heteroatoms. The van der Waals surface area contributed by atoms with Crippen molar-refractivity contribution >= 4 is 29.4 Å². The summed E-state index contributed by atoms with van der Waals surface area (Å²) in [6, 6.07) is 12.7. The minimum atomic E-state index is -0.171. The average Bonchev–Trinajstić information content (AvgIpc) is 3.00. The summed E-state index contributed by atoms with van der Waals surface area (Å²) in [5.41, 5.74) is 7.03. The van der Waals surface area contributed by atoms with Crippen molar-refractivity contribution < 1.29 is 4.74 Å². The van der Waals surface area contributed by atoms with Crippen molar-refractivity contribution in [2.24, 2.45) is 0 Å². The van der Waals surface area contributed by atoms with E-state index in [9.17, 15) is 0 Å². The molecule has 1 aliphatic heterocycles. The fraction of sp³-hybridized carbons (Fsp3) is 0.348. The second kappa shape index (κ2) is 7.05. The predicted molar refractivity (Wildman–Crippen MR) is 122 cm³/mol. The number of ether oxygens (including phenoxy) is 1. The summed E-state index contributed by atoms with van der Waals surface area (Å²) >= 11 is 7.71. The van der Waals surface area contributed by atoms with E-state index in [0.29, 0.717) is 0 Å². The minimum absolute atomic E-state index is 0.171. The van der Waals surface area contributed by atoms with Crippen LogP contribution < -0.4 is 10.1 Å². The zero-order chi connectivity index (χ0) is 20.1.